The fraction of sp³-hybridized carbons (Fsp3) is 0.300. The molecule has 0 bridgehead atoms. The van der Waals surface area contributed by atoms with E-state index in [1.165, 1.54) is 18.2 Å². The van der Waals surface area contributed by atoms with Gasteiger partial charge in [0.1, 0.15) is 6.04 Å². The van der Waals surface area contributed by atoms with Crippen molar-refractivity contribution in [2.24, 2.45) is 0 Å². The number of carbonyl (C=O) groups excluding carboxylic acids is 1. The lowest BCUT2D eigenvalue weighted by Crippen LogP contribution is -2.49. The number of amides is 1. The van der Waals surface area contributed by atoms with Crippen molar-refractivity contribution in [3.8, 4) is 0 Å². The van der Waals surface area contributed by atoms with E-state index in [9.17, 15) is 13.6 Å². The molecule has 0 aliphatic carbocycles. The molecule has 1 aromatic rings. The minimum atomic E-state index is -3.19. The van der Waals surface area contributed by atoms with Crippen molar-refractivity contribution >= 4 is 41.7 Å². The second kappa shape index (κ2) is 5.47. The van der Waals surface area contributed by atoms with Crippen molar-refractivity contribution in [1.82, 2.24) is 5.32 Å². The van der Waals surface area contributed by atoms with Gasteiger partial charge in [0.05, 0.1) is 10.0 Å². The first-order valence-electron chi connectivity index (χ1n) is 4.66. The minimum Gasteiger partial charge on any atom is -0.443 e. The lowest BCUT2D eigenvalue weighted by molar-refractivity contribution is -0.104. The third kappa shape index (κ3) is 2.96. The van der Waals surface area contributed by atoms with Gasteiger partial charge in [-0.2, -0.15) is 0 Å². The number of halogens is 5. The van der Waals surface area contributed by atoms with Crippen molar-refractivity contribution in [2.75, 3.05) is 6.61 Å². The highest BCUT2D eigenvalue weighted by Gasteiger charge is 2.46. The van der Waals surface area contributed by atoms with Crippen LogP contribution in [0.3, 0.4) is 0 Å². The van der Waals surface area contributed by atoms with E-state index in [1.54, 1.807) is 0 Å². The van der Waals surface area contributed by atoms with E-state index >= 15 is 0 Å². The fourth-order valence-corrected chi connectivity index (χ4v) is 1.84. The van der Waals surface area contributed by atoms with Gasteiger partial charge in [-0.15, -0.1) is 12.4 Å². The Morgan fingerprint density at radius 1 is 1.33 bits per heavy atom. The summed E-state index contributed by atoms with van der Waals surface area (Å²) in [6.07, 6.45) is -0.882. The van der Waals surface area contributed by atoms with E-state index in [2.05, 4.69) is 10.1 Å². The third-order valence-electron chi connectivity index (χ3n) is 2.36. The molecule has 1 aromatic carbocycles. The van der Waals surface area contributed by atoms with Crippen molar-refractivity contribution in [3.05, 3.63) is 33.8 Å². The molecule has 2 rings (SSSR count). The molecule has 18 heavy (non-hydrogen) atoms. The molecule has 0 saturated carbocycles. The van der Waals surface area contributed by atoms with Crippen LogP contribution < -0.4 is 5.32 Å². The number of rotatable bonds is 1. The number of cyclic esters (lactones) is 1. The summed E-state index contributed by atoms with van der Waals surface area (Å²) in [7, 11) is 0. The Kier molecular flexibility index (Phi) is 4.64. The standard InChI is InChI=1S/C10H7Cl2F2NO2.ClH/c11-6-2-1-5(3-7(6)12)8-10(13,14)4-17-9(16)15-8;/h1-3,8H,4H2,(H,15,16);1H/t8-;/m0./s1. The molecule has 3 nitrogen and oxygen atoms in total. The Morgan fingerprint density at radius 2 is 2.00 bits per heavy atom. The van der Waals surface area contributed by atoms with Gasteiger partial charge < -0.3 is 10.1 Å². The molecule has 0 radical (unpaired) electrons. The van der Waals surface area contributed by atoms with Gasteiger partial charge in [0.15, 0.2) is 6.61 Å². The van der Waals surface area contributed by atoms with Crippen molar-refractivity contribution < 1.29 is 18.3 Å². The van der Waals surface area contributed by atoms with Gasteiger partial charge in [0, 0.05) is 0 Å². The molecule has 1 amide bonds. The Balaban J connectivity index is 0.00000162. The summed E-state index contributed by atoms with van der Waals surface area (Å²) in [5, 5.41) is 2.47. The van der Waals surface area contributed by atoms with Crippen LogP contribution in [0.5, 0.6) is 0 Å². The molecule has 1 aliphatic heterocycles. The monoisotopic (exact) mass is 317 g/mol. The number of alkyl carbamates (subject to hydrolysis) is 1. The summed E-state index contributed by atoms with van der Waals surface area (Å²) in [6, 6.07) is 2.63. The zero-order valence-corrected chi connectivity index (χ0v) is 11.1. The maximum Gasteiger partial charge on any atom is 0.408 e. The number of benzene rings is 1. The van der Waals surface area contributed by atoms with Crippen LogP contribution in [-0.2, 0) is 4.74 Å². The summed E-state index contributed by atoms with van der Waals surface area (Å²) in [6.45, 7) is -0.955. The predicted molar refractivity (Wildman–Crippen MR) is 65.9 cm³/mol. The summed E-state index contributed by atoms with van der Waals surface area (Å²) in [5.41, 5.74) is 0.182. The zero-order chi connectivity index (χ0) is 12.6. The number of hydrogen-bond donors (Lipinski definition) is 1. The smallest absolute Gasteiger partial charge is 0.408 e. The third-order valence-corrected chi connectivity index (χ3v) is 3.10. The van der Waals surface area contributed by atoms with E-state index in [0.29, 0.717) is 0 Å². The Bertz CT molecular complexity index is 470. The second-order valence-electron chi connectivity index (χ2n) is 3.59. The first-order chi connectivity index (χ1) is 7.90. The highest BCUT2D eigenvalue weighted by atomic mass is 35.5. The molecule has 8 heteroatoms. The molecular formula is C10H8Cl3F2NO2. The van der Waals surface area contributed by atoms with Gasteiger partial charge in [-0.25, -0.2) is 13.6 Å². The molecule has 1 saturated heterocycles. The lowest BCUT2D eigenvalue weighted by Gasteiger charge is -2.31. The SMILES string of the molecule is Cl.O=C1N[C@@H](c2ccc(Cl)c(Cl)c2)C(F)(F)CO1. The molecule has 1 aliphatic rings. The second-order valence-corrected chi connectivity index (χ2v) is 4.40. The maximum atomic E-state index is 13.5. The number of alkyl halides is 2. The highest BCUT2D eigenvalue weighted by Crippen LogP contribution is 2.36. The van der Waals surface area contributed by atoms with E-state index in [4.69, 9.17) is 23.2 Å². The molecule has 1 N–H and O–H groups in total. The van der Waals surface area contributed by atoms with Crippen molar-refractivity contribution in [1.29, 1.82) is 0 Å². The quantitative estimate of drug-likeness (QED) is 0.854. The van der Waals surface area contributed by atoms with Gasteiger partial charge in [0.2, 0.25) is 0 Å². The Morgan fingerprint density at radius 3 is 2.61 bits per heavy atom. The molecule has 1 heterocycles. The summed E-state index contributed by atoms with van der Waals surface area (Å²) in [5.74, 6) is -3.19. The molecule has 0 aromatic heterocycles. The molecule has 1 atom stereocenters. The summed E-state index contributed by atoms with van der Waals surface area (Å²) < 4.78 is 31.3. The van der Waals surface area contributed by atoms with Crippen LogP contribution in [0, 0.1) is 0 Å². The first-order valence-corrected chi connectivity index (χ1v) is 5.42. The summed E-state index contributed by atoms with van der Waals surface area (Å²) >= 11 is 11.4. The number of carbonyl (C=O) groups is 1. The van der Waals surface area contributed by atoms with E-state index < -0.39 is 24.7 Å². The van der Waals surface area contributed by atoms with Crippen LogP contribution in [0.2, 0.25) is 10.0 Å². The van der Waals surface area contributed by atoms with Crippen molar-refractivity contribution in [3.63, 3.8) is 0 Å². The Hall–Kier alpha value is -0.780. The van der Waals surface area contributed by atoms with E-state index in [1.807, 2.05) is 0 Å². The molecule has 0 unspecified atom stereocenters. The normalized spacial score (nSPS) is 21.6. The van der Waals surface area contributed by atoms with Crippen LogP contribution in [0.25, 0.3) is 0 Å². The fourth-order valence-electron chi connectivity index (χ4n) is 1.53. The number of ether oxygens (including phenoxy) is 1. The van der Waals surface area contributed by atoms with Crippen LogP contribution in [-0.4, -0.2) is 18.6 Å². The molecule has 0 spiro atoms. The topological polar surface area (TPSA) is 38.3 Å². The van der Waals surface area contributed by atoms with Crippen LogP contribution in [0.1, 0.15) is 11.6 Å². The van der Waals surface area contributed by atoms with Gasteiger partial charge in [-0.3, -0.25) is 0 Å². The highest BCUT2D eigenvalue weighted by molar-refractivity contribution is 6.42. The van der Waals surface area contributed by atoms with Crippen LogP contribution in [0.4, 0.5) is 13.6 Å². The molecule has 100 valence electrons. The van der Waals surface area contributed by atoms with Gasteiger partial charge in [-0.05, 0) is 17.7 Å². The van der Waals surface area contributed by atoms with Gasteiger partial charge >= 0.3 is 12.0 Å². The van der Waals surface area contributed by atoms with E-state index in [0.717, 1.165) is 0 Å². The summed E-state index contributed by atoms with van der Waals surface area (Å²) in [4.78, 5) is 11.0. The Labute approximate surface area is 118 Å². The van der Waals surface area contributed by atoms with Crippen LogP contribution >= 0.6 is 35.6 Å². The predicted octanol–water partition coefficient (Wildman–Crippen LogP) is 3.83. The average molecular weight is 319 g/mol. The number of nitrogens with one attached hydrogen (secondary N) is 1. The number of hydrogen-bond acceptors (Lipinski definition) is 2. The van der Waals surface area contributed by atoms with Gasteiger partial charge in [0.25, 0.3) is 0 Å². The van der Waals surface area contributed by atoms with E-state index in [-0.39, 0.29) is 28.0 Å². The molecule has 1 fully saturated rings. The molecular weight excluding hydrogens is 310 g/mol. The maximum absolute atomic E-state index is 13.5. The van der Waals surface area contributed by atoms with Gasteiger partial charge in [-0.1, -0.05) is 29.3 Å². The largest absolute Gasteiger partial charge is 0.443 e. The average Bonchev–Trinajstić information content (AvgIpc) is 2.26. The van der Waals surface area contributed by atoms with Crippen molar-refractivity contribution in [2.45, 2.75) is 12.0 Å². The first kappa shape index (κ1) is 15.3. The van der Waals surface area contributed by atoms with Crippen LogP contribution in [0.15, 0.2) is 18.2 Å². The zero-order valence-electron chi connectivity index (χ0n) is 8.75. The minimum absolute atomic E-state index is 0. The lowest BCUT2D eigenvalue weighted by atomic mass is 10.0.